The minimum absolute atomic E-state index is 0.175. The highest BCUT2D eigenvalue weighted by molar-refractivity contribution is 6.30. The Bertz CT molecular complexity index is 512. The van der Waals surface area contributed by atoms with Crippen molar-refractivity contribution in [3.63, 3.8) is 0 Å². The lowest BCUT2D eigenvalue weighted by atomic mass is 9.74. The number of aromatic nitrogens is 2. The second-order valence-corrected chi connectivity index (χ2v) is 7.03. The fourth-order valence-corrected chi connectivity index (χ4v) is 4.03. The Morgan fingerprint density at radius 2 is 2.24 bits per heavy atom. The van der Waals surface area contributed by atoms with Gasteiger partial charge >= 0.3 is 0 Å². The summed E-state index contributed by atoms with van der Waals surface area (Å²) in [5.74, 6) is 0.752. The Morgan fingerprint density at radius 1 is 1.48 bits per heavy atom. The van der Waals surface area contributed by atoms with Gasteiger partial charge in [0.15, 0.2) is 0 Å². The van der Waals surface area contributed by atoms with Crippen LogP contribution in [0.4, 0.5) is 0 Å². The third kappa shape index (κ3) is 2.86. The Hall–Kier alpha value is -0.580. The Kier molecular flexibility index (Phi) is 4.30. The molecule has 2 unspecified atom stereocenters. The van der Waals surface area contributed by atoms with E-state index in [0.717, 1.165) is 49.3 Å². The zero-order valence-electron chi connectivity index (χ0n) is 13.3. The summed E-state index contributed by atoms with van der Waals surface area (Å²) < 4.78 is 7.93. The van der Waals surface area contributed by atoms with Crippen LogP contribution in [0.15, 0.2) is 0 Å². The van der Waals surface area contributed by atoms with Gasteiger partial charge in [0, 0.05) is 31.2 Å². The highest BCUT2D eigenvalue weighted by Gasteiger charge is 2.51. The summed E-state index contributed by atoms with van der Waals surface area (Å²) in [5.41, 5.74) is 2.43. The molecule has 2 atom stereocenters. The van der Waals surface area contributed by atoms with E-state index in [1.807, 2.05) is 7.05 Å². The molecule has 118 valence electrons. The van der Waals surface area contributed by atoms with Gasteiger partial charge in [-0.05, 0) is 45.1 Å². The van der Waals surface area contributed by atoms with Gasteiger partial charge in [-0.3, -0.25) is 4.68 Å². The van der Waals surface area contributed by atoms with Gasteiger partial charge in [-0.15, -0.1) is 0 Å². The third-order valence-corrected chi connectivity index (χ3v) is 5.55. The fourth-order valence-electron chi connectivity index (χ4n) is 3.78. The quantitative estimate of drug-likeness (QED) is 0.878. The summed E-state index contributed by atoms with van der Waals surface area (Å²) in [6, 6.07) is 0. The molecule has 0 amide bonds. The number of nitrogens with one attached hydrogen (secondary N) is 1. The maximum atomic E-state index is 6.47. The molecule has 5 heteroatoms. The number of aryl methyl sites for hydroxylation is 2. The van der Waals surface area contributed by atoms with Crippen LogP contribution in [-0.4, -0.2) is 35.6 Å². The van der Waals surface area contributed by atoms with Crippen LogP contribution in [0.2, 0.25) is 5.15 Å². The smallest absolute Gasteiger partial charge is 0.130 e. The Balaban J connectivity index is 1.88. The van der Waals surface area contributed by atoms with Crippen molar-refractivity contribution in [2.24, 2.45) is 18.4 Å². The monoisotopic (exact) mass is 311 g/mol. The van der Waals surface area contributed by atoms with Crippen LogP contribution >= 0.6 is 11.6 Å². The molecule has 1 aromatic rings. The van der Waals surface area contributed by atoms with Crippen molar-refractivity contribution >= 4 is 11.6 Å². The van der Waals surface area contributed by atoms with E-state index in [1.165, 1.54) is 18.4 Å². The number of rotatable bonds is 6. The van der Waals surface area contributed by atoms with Crippen LogP contribution in [0.3, 0.4) is 0 Å². The van der Waals surface area contributed by atoms with Gasteiger partial charge in [-0.2, -0.15) is 5.10 Å². The molecule has 1 aromatic heterocycles. The van der Waals surface area contributed by atoms with Crippen molar-refractivity contribution in [3.05, 3.63) is 16.4 Å². The summed E-state index contributed by atoms with van der Waals surface area (Å²) >= 11 is 6.47. The van der Waals surface area contributed by atoms with Crippen LogP contribution in [0.1, 0.15) is 37.4 Å². The first kappa shape index (κ1) is 15.3. The molecule has 21 heavy (non-hydrogen) atoms. The van der Waals surface area contributed by atoms with E-state index < -0.39 is 0 Å². The van der Waals surface area contributed by atoms with E-state index in [2.05, 4.69) is 24.3 Å². The van der Waals surface area contributed by atoms with Crippen molar-refractivity contribution in [1.29, 1.82) is 0 Å². The van der Waals surface area contributed by atoms with Gasteiger partial charge in [0.25, 0.3) is 0 Å². The molecule has 0 spiro atoms. The molecule has 0 radical (unpaired) electrons. The first-order valence-corrected chi connectivity index (χ1v) is 8.45. The van der Waals surface area contributed by atoms with E-state index in [9.17, 15) is 0 Å². The lowest BCUT2D eigenvalue weighted by molar-refractivity contribution is 0.0308. The molecule has 2 fully saturated rings. The molecule has 2 aliphatic rings. The van der Waals surface area contributed by atoms with Crippen molar-refractivity contribution in [2.45, 2.75) is 45.6 Å². The minimum atomic E-state index is 0.175. The van der Waals surface area contributed by atoms with Gasteiger partial charge < -0.3 is 10.1 Å². The molecule has 0 aromatic carbocycles. The summed E-state index contributed by atoms with van der Waals surface area (Å²) in [4.78, 5) is 0. The zero-order chi connectivity index (χ0) is 15.0. The number of hydrogen-bond donors (Lipinski definition) is 1. The average Bonchev–Trinajstić information content (AvgIpc) is 3.18. The lowest BCUT2D eigenvalue weighted by Crippen LogP contribution is -2.43. The lowest BCUT2D eigenvalue weighted by Gasteiger charge is -2.35. The summed E-state index contributed by atoms with van der Waals surface area (Å²) in [5, 5.41) is 8.81. The van der Waals surface area contributed by atoms with Gasteiger partial charge in [-0.25, -0.2) is 0 Å². The predicted molar refractivity (Wildman–Crippen MR) is 84.7 cm³/mol. The van der Waals surface area contributed by atoms with Crippen molar-refractivity contribution in [1.82, 2.24) is 15.1 Å². The van der Waals surface area contributed by atoms with Gasteiger partial charge in [0.2, 0.25) is 0 Å². The third-order valence-electron chi connectivity index (χ3n) is 5.08. The maximum Gasteiger partial charge on any atom is 0.130 e. The number of ether oxygens (including phenoxy) is 1. The van der Waals surface area contributed by atoms with E-state index in [1.54, 1.807) is 4.68 Å². The summed E-state index contributed by atoms with van der Waals surface area (Å²) in [6.45, 7) is 7.11. The molecule has 1 N–H and O–H groups in total. The topological polar surface area (TPSA) is 39.1 Å². The number of hydrogen-bond acceptors (Lipinski definition) is 3. The number of nitrogens with zero attached hydrogens (tertiary/aromatic N) is 2. The van der Waals surface area contributed by atoms with Gasteiger partial charge in [0.05, 0.1) is 11.8 Å². The van der Waals surface area contributed by atoms with Crippen LogP contribution in [-0.2, 0) is 18.2 Å². The fraction of sp³-hybridized carbons (Fsp3) is 0.812. The zero-order valence-corrected chi connectivity index (χ0v) is 14.0. The van der Waals surface area contributed by atoms with Crippen LogP contribution in [0, 0.1) is 18.3 Å². The van der Waals surface area contributed by atoms with E-state index >= 15 is 0 Å². The second kappa shape index (κ2) is 5.90. The predicted octanol–water partition coefficient (Wildman–Crippen LogP) is 2.72. The average molecular weight is 312 g/mol. The molecular formula is C16H26ClN3O. The van der Waals surface area contributed by atoms with E-state index in [4.69, 9.17) is 16.3 Å². The number of halogens is 1. The van der Waals surface area contributed by atoms with E-state index in [0.29, 0.717) is 6.10 Å². The molecule has 1 saturated heterocycles. The van der Waals surface area contributed by atoms with Gasteiger partial charge in [-0.1, -0.05) is 18.5 Å². The Labute approximate surface area is 132 Å². The minimum Gasteiger partial charge on any atom is -0.377 e. The molecule has 4 nitrogen and oxygen atoms in total. The molecular weight excluding hydrogens is 286 g/mol. The normalized spacial score (nSPS) is 29.2. The van der Waals surface area contributed by atoms with Crippen molar-refractivity contribution in [3.8, 4) is 0 Å². The van der Waals surface area contributed by atoms with E-state index in [-0.39, 0.29) is 5.41 Å². The maximum absolute atomic E-state index is 6.47. The van der Waals surface area contributed by atoms with Crippen LogP contribution in [0.25, 0.3) is 0 Å². The summed E-state index contributed by atoms with van der Waals surface area (Å²) in [6.07, 6.45) is 5.11. The second-order valence-electron chi connectivity index (χ2n) is 6.68. The molecule has 1 saturated carbocycles. The van der Waals surface area contributed by atoms with Crippen molar-refractivity contribution in [2.75, 3.05) is 19.7 Å². The van der Waals surface area contributed by atoms with Crippen LogP contribution < -0.4 is 5.32 Å². The van der Waals surface area contributed by atoms with Crippen molar-refractivity contribution < 1.29 is 4.74 Å². The molecule has 0 bridgehead atoms. The molecule has 2 heterocycles. The molecule has 1 aliphatic heterocycles. The Morgan fingerprint density at radius 3 is 2.81 bits per heavy atom. The first-order valence-electron chi connectivity index (χ1n) is 8.07. The molecule has 1 aliphatic carbocycles. The highest BCUT2D eigenvalue weighted by Crippen LogP contribution is 2.49. The molecule has 3 rings (SSSR count). The standard InChI is InChI=1S/C16H26ClN3O/c1-4-18-10-16(7-8-21-14(16)12-5-6-12)9-13-11(2)19-20(3)15(13)17/h12,14,18H,4-10H2,1-3H3. The highest BCUT2D eigenvalue weighted by atomic mass is 35.5. The SMILES string of the molecule is CCNCC1(Cc2c(C)nn(C)c2Cl)CCOC1C1CC1. The van der Waals surface area contributed by atoms with Gasteiger partial charge in [0.1, 0.15) is 5.15 Å². The first-order chi connectivity index (χ1) is 10.1. The largest absolute Gasteiger partial charge is 0.377 e. The summed E-state index contributed by atoms with van der Waals surface area (Å²) in [7, 11) is 1.92. The van der Waals surface area contributed by atoms with Crippen LogP contribution in [0.5, 0.6) is 0 Å².